The van der Waals surface area contributed by atoms with E-state index in [0.29, 0.717) is 0 Å². The second-order valence-electron chi connectivity index (χ2n) is 10.2. The van der Waals surface area contributed by atoms with Crippen molar-refractivity contribution in [2.75, 3.05) is 0 Å². The van der Waals surface area contributed by atoms with Crippen LogP contribution in [0.25, 0.3) is 0 Å². The Labute approximate surface area is 194 Å². The van der Waals surface area contributed by atoms with Gasteiger partial charge in [-0.1, -0.05) is 99.3 Å². The Kier molecular flexibility index (Phi) is 5.90. The molecule has 2 nitrogen and oxygen atoms in total. The Morgan fingerprint density at radius 2 is 1.09 bits per heavy atom. The van der Waals surface area contributed by atoms with E-state index >= 15 is 0 Å². The van der Waals surface area contributed by atoms with Gasteiger partial charge in [-0.25, -0.2) is 0 Å². The molecule has 0 aromatic heterocycles. The molecule has 0 spiro atoms. The summed E-state index contributed by atoms with van der Waals surface area (Å²) in [6, 6.07) is 21.9. The Hall–Kier alpha value is -2.29. The summed E-state index contributed by atoms with van der Waals surface area (Å²) in [4.78, 5) is 0. The molecule has 3 aromatic carbocycles. The number of hydrogen-bond acceptors (Lipinski definition) is 2. The average Bonchev–Trinajstić information content (AvgIpc) is 2.93. The normalized spacial score (nSPS) is 16.9. The Morgan fingerprint density at radius 1 is 0.625 bits per heavy atom. The summed E-state index contributed by atoms with van der Waals surface area (Å²) in [5.74, 6) is 0. The van der Waals surface area contributed by atoms with E-state index in [1.165, 1.54) is 38.6 Å². The van der Waals surface area contributed by atoms with Crippen LogP contribution in [0.2, 0.25) is 0 Å². The lowest BCUT2D eigenvalue weighted by Crippen LogP contribution is -2.57. The molecule has 0 unspecified atom stereocenters. The van der Waals surface area contributed by atoms with Crippen LogP contribution >= 0.6 is 0 Å². The van der Waals surface area contributed by atoms with E-state index in [0.717, 1.165) is 5.46 Å². The maximum atomic E-state index is 6.44. The van der Waals surface area contributed by atoms with Crippen LogP contribution in [0, 0.1) is 27.7 Å². The molecule has 1 fully saturated rings. The van der Waals surface area contributed by atoms with Gasteiger partial charge in [0.2, 0.25) is 6.71 Å². The van der Waals surface area contributed by atoms with Gasteiger partial charge in [0.1, 0.15) is 0 Å². The first-order valence-corrected chi connectivity index (χ1v) is 11.6. The summed E-state index contributed by atoms with van der Waals surface area (Å²) in [5, 5.41) is 0. The smallest absolute Gasteiger partial charge is 0.399 e. The van der Waals surface area contributed by atoms with Crippen LogP contribution in [0.5, 0.6) is 0 Å². The number of rotatable bonds is 4. The first kappa shape index (κ1) is 22.9. The highest BCUT2D eigenvalue weighted by Gasteiger charge is 2.52. The Bertz CT molecular complexity index is 1090. The summed E-state index contributed by atoms with van der Waals surface area (Å²) < 4.78 is 12.9. The van der Waals surface area contributed by atoms with Crippen molar-refractivity contribution in [2.45, 2.75) is 66.6 Å². The third-order valence-corrected chi connectivity index (χ3v) is 7.57. The molecule has 1 saturated heterocycles. The molecule has 0 N–H and O–H groups in total. The standard InChI is InChI=1S/C28H34B2O2/c1-19-13-9-11-15-23(19)29(24-16-12-10-14-20(24)2)26-21(3)17-18-25(22(26)4)30-31-27(5,6)28(7,8)32-30/h9-18H,1-8H3. The third-order valence-electron chi connectivity index (χ3n) is 7.57. The van der Waals surface area contributed by atoms with Crippen molar-refractivity contribution in [2.24, 2.45) is 0 Å². The molecule has 4 heteroatoms. The lowest BCUT2D eigenvalue weighted by molar-refractivity contribution is 0.00578. The zero-order valence-corrected chi connectivity index (χ0v) is 20.7. The van der Waals surface area contributed by atoms with Crippen molar-refractivity contribution in [3.63, 3.8) is 0 Å². The van der Waals surface area contributed by atoms with E-state index in [1.807, 2.05) is 0 Å². The summed E-state index contributed by atoms with van der Waals surface area (Å²) >= 11 is 0. The maximum Gasteiger partial charge on any atom is 0.495 e. The monoisotopic (exact) mass is 424 g/mol. The first-order valence-electron chi connectivity index (χ1n) is 11.6. The Balaban J connectivity index is 1.93. The van der Waals surface area contributed by atoms with Crippen LogP contribution in [-0.4, -0.2) is 25.0 Å². The SMILES string of the molecule is Cc1ccccc1B(c1ccccc1C)c1c(C)ccc(B2OC(C)(C)C(C)(C)O2)c1C. The molecule has 3 aromatic rings. The summed E-state index contributed by atoms with van der Waals surface area (Å²) in [5.41, 5.74) is 9.59. The van der Waals surface area contributed by atoms with Gasteiger partial charge in [-0.15, -0.1) is 0 Å². The molecule has 0 amide bonds. The quantitative estimate of drug-likeness (QED) is 0.595. The predicted molar refractivity (Wildman–Crippen MR) is 139 cm³/mol. The fourth-order valence-corrected chi connectivity index (χ4v) is 4.85. The molecule has 4 rings (SSSR count). The van der Waals surface area contributed by atoms with Gasteiger partial charge in [0.25, 0.3) is 0 Å². The van der Waals surface area contributed by atoms with Gasteiger partial charge in [-0.3, -0.25) is 0 Å². The van der Waals surface area contributed by atoms with Crippen LogP contribution < -0.4 is 21.9 Å². The van der Waals surface area contributed by atoms with E-state index < -0.39 is 0 Å². The van der Waals surface area contributed by atoms with Crippen molar-refractivity contribution in [1.29, 1.82) is 0 Å². The minimum atomic E-state index is -0.367. The number of hydrogen-bond donors (Lipinski definition) is 0. The molecule has 0 saturated carbocycles. The topological polar surface area (TPSA) is 18.5 Å². The highest BCUT2D eigenvalue weighted by atomic mass is 16.7. The second kappa shape index (κ2) is 8.24. The van der Waals surface area contributed by atoms with E-state index in [2.05, 4.69) is 116 Å². The maximum absolute atomic E-state index is 6.44. The van der Waals surface area contributed by atoms with Gasteiger partial charge < -0.3 is 9.31 Å². The lowest BCUT2D eigenvalue weighted by atomic mass is 9.34. The predicted octanol–water partition coefficient (Wildman–Crippen LogP) is 3.74. The molecule has 0 atom stereocenters. The summed E-state index contributed by atoms with van der Waals surface area (Å²) in [6.45, 7) is 17.5. The minimum Gasteiger partial charge on any atom is -0.399 e. The molecule has 0 bridgehead atoms. The molecule has 164 valence electrons. The van der Waals surface area contributed by atoms with Gasteiger partial charge in [0.15, 0.2) is 0 Å². The number of benzene rings is 3. The summed E-state index contributed by atoms with van der Waals surface area (Å²) in [7, 11) is -0.367. The van der Waals surface area contributed by atoms with E-state index in [4.69, 9.17) is 9.31 Å². The van der Waals surface area contributed by atoms with Crippen molar-refractivity contribution in [3.05, 3.63) is 82.9 Å². The van der Waals surface area contributed by atoms with Crippen molar-refractivity contribution in [3.8, 4) is 0 Å². The minimum absolute atomic E-state index is 0.153. The third kappa shape index (κ3) is 3.84. The van der Waals surface area contributed by atoms with E-state index in [1.54, 1.807) is 0 Å². The molecular weight excluding hydrogens is 390 g/mol. The molecule has 1 heterocycles. The van der Waals surface area contributed by atoms with E-state index in [-0.39, 0.29) is 25.0 Å². The van der Waals surface area contributed by atoms with Gasteiger partial charge >= 0.3 is 7.12 Å². The van der Waals surface area contributed by atoms with Crippen molar-refractivity contribution < 1.29 is 9.31 Å². The second-order valence-corrected chi connectivity index (χ2v) is 10.2. The van der Waals surface area contributed by atoms with Gasteiger partial charge in [0.05, 0.1) is 11.2 Å². The molecule has 1 aliphatic rings. The van der Waals surface area contributed by atoms with Gasteiger partial charge in [0, 0.05) is 0 Å². The fourth-order valence-electron chi connectivity index (χ4n) is 4.85. The van der Waals surface area contributed by atoms with Crippen molar-refractivity contribution in [1.82, 2.24) is 0 Å². The van der Waals surface area contributed by atoms with Crippen LogP contribution in [-0.2, 0) is 9.31 Å². The molecule has 0 aliphatic carbocycles. The number of aryl methyl sites for hydroxylation is 3. The fraction of sp³-hybridized carbons (Fsp3) is 0.357. The molecular formula is C28H34B2O2. The van der Waals surface area contributed by atoms with Crippen LogP contribution in [0.15, 0.2) is 60.7 Å². The average molecular weight is 424 g/mol. The molecule has 32 heavy (non-hydrogen) atoms. The van der Waals surface area contributed by atoms with Crippen molar-refractivity contribution >= 4 is 35.7 Å². The molecule has 0 radical (unpaired) electrons. The van der Waals surface area contributed by atoms with Crippen LogP contribution in [0.3, 0.4) is 0 Å². The zero-order valence-electron chi connectivity index (χ0n) is 20.7. The van der Waals surface area contributed by atoms with Gasteiger partial charge in [-0.2, -0.15) is 0 Å². The molecule has 1 aliphatic heterocycles. The lowest BCUT2D eigenvalue weighted by Gasteiger charge is -2.32. The van der Waals surface area contributed by atoms with Crippen LogP contribution in [0.1, 0.15) is 49.9 Å². The zero-order chi connectivity index (χ0) is 23.3. The first-order chi connectivity index (χ1) is 15.0. The highest BCUT2D eigenvalue weighted by molar-refractivity contribution is 6.96. The highest BCUT2D eigenvalue weighted by Crippen LogP contribution is 2.36. The Morgan fingerprint density at radius 3 is 1.56 bits per heavy atom. The van der Waals surface area contributed by atoms with Gasteiger partial charge in [-0.05, 0) is 60.9 Å². The summed E-state index contributed by atoms with van der Waals surface area (Å²) in [6.07, 6.45) is 0. The largest absolute Gasteiger partial charge is 0.495 e. The van der Waals surface area contributed by atoms with Crippen LogP contribution in [0.4, 0.5) is 0 Å². The van der Waals surface area contributed by atoms with E-state index in [9.17, 15) is 0 Å².